The molecule has 0 radical (unpaired) electrons. The number of anilines is 1. The molecule has 0 saturated carbocycles. The predicted molar refractivity (Wildman–Crippen MR) is 104 cm³/mol. The highest BCUT2D eigenvalue weighted by atomic mass is 32.2. The number of hydrogen-bond donors (Lipinski definition) is 1. The third-order valence-electron chi connectivity index (χ3n) is 3.95. The number of nitrogens with zero attached hydrogens (tertiary/aromatic N) is 4. The van der Waals surface area contributed by atoms with Crippen molar-refractivity contribution in [2.24, 2.45) is 0 Å². The number of hydrogen-bond acceptors (Lipinski definition) is 6. The van der Waals surface area contributed by atoms with Crippen molar-refractivity contribution in [3.63, 3.8) is 0 Å². The van der Waals surface area contributed by atoms with Gasteiger partial charge in [-0.15, -0.1) is 0 Å². The molecule has 0 bridgehead atoms. The van der Waals surface area contributed by atoms with Crippen LogP contribution in [-0.2, 0) is 5.75 Å². The first-order valence-corrected chi connectivity index (χ1v) is 9.05. The summed E-state index contributed by atoms with van der Waals surface area (Å²) >= 11 is 1.56. The van der Waals surface area contributed by atoms with Gasteiger partial charge in [-0.1, -0.05) is 30.0 Å². The molecule has 0 saturated heterocycles. The highest BCUT2D eigenvalue weighted by Crippen LogP contribution is 2.26. The molecule has 7 heteroatoms. The first kappa shape index (κ1) is 16.4. The fraction of sp³-hybridized carbons (Fsp3) is 0.105. The van der Waals surface area contributed by atoms with E-state index in [-0.39, 0.29) is 0 Å². The normalized spacial score (nSPS) is 11.0. The minimum absolute atomic E-state index is 0.502. The Morgan fingerprint density at radius 1 is 1.12 bits per heavy atom. The molecule has 2 N–H and O–H groups in total. The maximum Gasteiger partial charge on any atom is 0.173 e. The summed E-state index contributed by atoms with van der Waals surface area (Å²) in [4.78, 5) is 13.5. The zero-order chi connectivity index (χ0) is 17.9. The second-order valence-electron chi connectivity index (χ2n) is 5.61. The molecular weight excluding hydrogens is 346 g/mol. The number of methoxy groups -OCH3 is 1. The van der Waals surface area contributed by atoms with E-state index in [1.54, 1.807) is 25.1 Å². The van der Waals surface area contributed by atoms with Crippen molar-refractivity contribution in [1.82, 2.24) is 19.5 Å². The summed E-state index contributed by atoms with van der Waals surface area (Å²) in [7, 11) is 1.66. The lowest BCUT2D eigenvalue weighted by atomic mass is 10.2. The van der Waals surface area contributed by atoms with Gasteiger partial charge in [0.25, 0.3) is 0 Å². The highest BCUT2D eigenvalue weighted by Gasteiger charge is 2.10. The summed E-state index contributed by atoms with van der Waals surface area (Å²) in [6.07, 6.45) is 3.70. The Morgan fingerprint density at radius 3 is 2.88 bits per heavy atom. The van der Waals surface area contributed by atoms with Gasteiger partial charge in [-0.25, -0.2) is 15.0 Å². The molecule has 0 aliphatic heterocycles. The van der Waals surface area contributed by atoms with Crippen LogP contribution in [0.15, 0.2) is 66.1 Å². The fourth-order valence-corrected chi connectivity index (χ4v) is 3.53. The van der Waals surface area contributed by atoms with Gasteiger partial charge in [0.1, 0.15) is 17.4 Å². The third-order valence-corrected chi connectivity index (χ3v) is 4.91. The first-order valence-electron chi connectivity index (χ1n) is 8.06. The second-order valence-corrected chi connectivity index (χ2v) is 6.55. The maximum absolute atomic E-state index is 6.06. The Balaban J connectivity index is 1.59. The van der Waals surface area contributed by atoms with E-state index in [1.165, 1.54) is 0 Å². The zero-order valence-corrected chi connectivity index (χ0v) is 15.0. The smallest absolute Gasteiger partial charge is 0.173 e. The monoisotopic (exact) mass is 363 g/mol. The van der Waals surface area contributed by atoms with Gasteiger partial charge in [-0.2, -0.15) is 0 Å². The van der Waals surface area contributed by atoms with Crippen LogP contribution < -0.4 is 10.5 Å². The summed E-state index contributed by atoms with van der Waals surface area (Å²) in [6.45, 7) is 0. The third kappa shape index (κ3) is 3.21. The molecule has 4 rings (SSSR count). The number of nitrogens with two attached hydrogens (primary N) is 1. The molecule has 26 heavy (non-hydrogen) atoms. The van der Waals surface area contributed by atoms with Gasteiger partial charge in [0, 0.05) is 23.8 Å². The lowest BCUT2D eigenvalue weighted by molar-refractivity contribution is 0.414. The molecule has 2 aromatic carbocycles. The van der Waals surface area contributed by atoms with Crippen LogP contribution in [0.5, 0.6) is 5.75 Å². The number of fused-ring (bicyclic) bond motifs is 1. The number of imidazole rings is 1. The number of nitrogen functional groups attached to an aromatic ring is 1. The van der Waals surface area contributed by atoms with Crippen molar-refractivity contribution >= 4 is 28.5 Å². The molecule has 0 aliphatic carbocycles. The Morgan fingerprint density at radius 2 is 2.00 bits per heavy atom. The topological polar surface area (TPSA) is 78.8 Å². The van der Waals surface area contributed by atoms with Gasteiger partial charge in [-0.3, -0.25) is 4.57 Å². The summed E-state index contributed by atoms with van der Waals surface area (Å²) in [5.74, 6) is 2.57. The van der Waals surface area contributed by atoms with Gasteiger partial charge in [0.2, 0.25) is 0 Å². The number of para-hydroxylation sites is 1. The number of aromatic nitrogens is 4. The molecule has 2 aromatic heterocycles. The van der Waals surface area contributed by atoms with Crippen molar-refractivity contribution in [3.05, 3.63) is 66.7 Å². The van der Waals surface area contributed by atoms with Crippen molar-refractivity contribution in [2.45, 2.75) is 10.9 Å². The molecule has 2 heterocycles. The molecule has 0 atom stereocenters. The fourth-order valence-electron chi connectivity index (χ4n) is 2.70. The number of rotatable bonds is 5. The largest absolute Gasteiger partial charge is 0.497 e. The molecule has 0 aliphatic rings. The van der Waals surface area contributed by atoms with E-state index < -0.39 is 0 Å². The van der Waals surface area contributed by atoms with Gasteiger partial charge in [-0.05, 0) is 24.3 Å². The van der Waals surface area contributed by atoms with Gasteiger partial charge < -0.3 is 10.5 Å². The van der Waals surface area contributed by atoms with E-state index in [0.29, 0.717) is 17.4 Å². The molecule has 4 aromatic rings. The van der Waals surface area contributed by atoms with Crippen molar-refractivity contribution in [1.29, 1.82) is 0 Å². The van der Waals surface area contributed by atoms with Crippen LogP contribution in [-0.4, -0.2) is 26.6 Å². The Kier molecular flexibility index (Phi) is 4.45. The zero-order valence-electron chi connectivity index (χ0n) is 14.2. The second kappa shape index (κ2) is 7.05. The predicted octanol–water partition coefficient (Wildman–Crippen LogP) is 3.70. The standard InChI is InChI=1S/C19H17N5OS/c1-25-14-6-4-5-13(11-14)24-10-9-21-19(24)26-12-17-22-16-8-3-2-7-15(16)18(20)23-17/h2-11H,12H2,1H3,(H2,20,22,23). The maximum atomic E-state index is 6.06. The summed E-state index contributed by atoms with van der Waals surface area (Å²) in [5, 5.41) is 1.73. The van der Waals surface area contributed by atoms with E-state index in [1.807, 2.05) is 59.3 Å². The van der Waals surface area contributed by atoms with Crippen molar-refractivity contribution in [3.8, 4) is 11.4 Å². The Hall–Kier alpha value is -3.06. The minimum atomic E-state index is 0.502. The Bertz CT molecular complexity index is 1060. The van der Waals surface area contributed by atoms with Crippen LogP contribution in [0, 0.1) is 0 Å². The summed E-state index contributed by atoms with van der Waals surface area (Å²) in [5.41, 5.74) is 7.91. The van der Waals surface area contributed by atoms with Crippen LogP contribution in [0.2, 0.25) is 0 Å². The minimum Gasteiger partial charge on any atom is -0.497 e. The molecule has 0 unspecified atom stereocenters. The van der Waals surface area contributed by atoms with Crippen LogP contribution in [0.25, 0.3) is 16.6 Å². The Labute approximate surface area is 155 Å². The number of benzene rings is 2. The first-order chi connectivity index (χ1) is 12.7. The van der Waals surface area contributed by atoms with Crippen LogP contribution in [0.3, 0.4) is 0 Å². The average molecular weight is 363 g/mol. The highest BCUT2D eigenvalue weighted by molar-refractivity contribution is 7.98. The molecule has 130 valence electrons. The van der Waals surface area contributed by atoms with Gasteiger partial charge >= 0.3 is 0 Å². The van der Waals surface area contributed by atoms with Gasteiger partial charge in [0.05, 0.1) is 24.1 Å². The SMILES string of the molecule is COc1cccc(-n2ccnc2SCc2nc(N)c3ccccc3n2)c1. The van der Waals surface area contributed by atoms with Crippen molar-refractivity contribution in [2.75, 3.05) is 12.8 Å². The quantitative estimate of drug-likeness (QED) is 0.545. The van der Waals surface area contributed by atoms with E-state index in [4.69, 9.17) is 10.5 Å². The van der Waals surface area contributed by atoms with Crippen LogP contribution >= 0.6 is 11.8 Å². The van der Waals surface area contributed by atoms with Gasteiger partial charge in [0.15, 0.2) is 5.16 Å². The number of thioether (sulfide) groups is 1. The molecule has 6 nitrogen and oxygen atoms in total. The van der Waals surface area contributed by atoms with E-state index in [9.17, 15) is 0 Å². The van der Waals surface area contributed by atoms with E-state index >= 15 is 0 Å². The van der Waals surface area contributed by atoms with E-state index in [0.717, 1.165) is 27.5 Å². The average Bonchev–Trinajstić information content (AvgIpc) is 3.15. The van der Waals surface area contributed by atoms with Crippen LogP contribution in [0.1, 0.15) is 5.82 Å². The summed E-state index contributed by atoms with van der Waals surface area (Å²) in [6, 6.07) is 15.6. The lowest BCUT2D eigenvalue weighted by Crippen LogP contribution is -2.01. The van der Waals surface area contributed by atoms with Crippen molar-refractivity contribution < 1.29 is 4.74 Å². The summed E-state index contributed by atoms with van der Waals surface area (Å²) < 4.78 is 7.31. The van der Waals surface area contributed by atoms with E-state index in [2.05, 4.69) is 15.0 Å². The molecular formula is C19H17N5OS. The number of ether oxygens (including phenoxy) is 1. The molecule has 0 fully saturated rings. The lowest BCUT2D eigenvalue weighted by Gasteiger charge is -2.09. The molecule has 0 amide bonds. The van der Waals surface area contributed by atoms with Crippen LogP contribution in [0.4, 0.5) is 5.82 Å². The molecule has 0 spiro atoms.